The molecule has 4 heteroatoms. The van der Waals surface area contributed by atoms with Gasteiger partial charge < -0.3 is 5.32 Å². The molecule has 0 radical (unpaired) electrons. The Labute approximate surface area is 102 Å². The summed E-state index contributed by atoms with van der Waals surface area (Å²) in [5.74, 6) is 1.62. The molecule has 1 aliphatic carbocycles. The van der Waals surface area contributed by atoms with Gasteiger partial charge in [-0.2, -0.15) is 5.10 Å². The minimum atomic E-state index is 0.398. The van der Waals surface area contributed by atoms with Gasteiger partial charge in [-0.3, -0.25) is 0 Å². The van der Waals surface area contributed by atoms with Gasteiger partial charge in [0, 0.05) is 11.9 Å². The highest BCUT2D eigenvalue weighted by Crippen LogP contribution is 2.27. The predicted molar refractivity (Wildman–Crippen MR) is 66.9 cm³/mol. The van der Waals surface area contributed by atoms with Gasteiger partial charge in [-0.05, 0) is 50.2 Å². The van der Waals surface area contributed by atoms with E-state index >= 15 is 0 Å². The molecule has 0 bridgehead atoms. The van der Waals surface area contributed by atoms with Crippen molar-refractivity contribution in [2.75, 3.05) is 11.9 Å². The second-order valence-electron chi connectivity index (χ2n) is 4.62. The molecule has 1 aromatic rings. The summed E-state index contributed by atoms with van der Waals surface area (Å²) in [5, 5.41) is 11.7. The number of hydrogen-bond acceptors (Lipinski definition) is 3. The molecule has 0 aromatic carbocycles. The van der Waals surface area contributed by atoms with Crippen molar-refractivity contribution in [3.05, 3.63) is 17.8 Å². The Morgan fingerprint density at radius 3 is 2.81 bits per heavy atom. The average molecular weight is 240 g/mol. The molecule has 0 atom stereocenters. The molecule has 1 N–H and O–H groups in total. The van der Waals surface area contributed by atoms with E-state index < -0.39 is 0 Å². The molecule has 1 aromatic heterocycles. The first kappa shape index (κ1) is 11.6. The van der Waals surface area contributed by atoms with E-state index in [-0.39, 0.29) is 0 Å². The highest BCUT2D eigenvalue weighted by atomic mass is 35.5. The number of hydrogen-bond donors (Lipinski definition) is 1. The van der Waals surface area contributed by atoms with Crippen LogP contribution >= 0.6 is 11.6 Å². The van der Waals surface area contributed by atoms with Gasteiger partial charge in [0.1, 0.15) is 5.82 Å². The topological polar surface area (TPSA) is 37.8 Å². The lowest BCUT2D eigenvalue weighted by Gasteiger charge is -2.25. The summed E-state index contributed by atoms with van der Waals surface area (Å²) >= 11 is 6.08. The predicted octanol–water partition coefficient (Wildman–Crippen LogP) is 2.99. The maximum Gasteiger partial charge on any atom is 0.148 e. The quantitative estimate of drug-likeness (QED) is 0.824. The fourth-order valence-electron chi connectivity index (χ4n) is 2.13. The van der Waals surface area contributed by atoms with E-state index in [0.717, 1.165) is 36.7 Å². The molecule has 88 valence electrons. The van der Waals surface area contributed by atoms with Crippen LogP contribution in [-0.4, -0.2) is 22.1 Å². The van der Waals surface area contributed by atoms with Gasteiger partial charge in [0.15, 0.2) is 0 Å². The molecule has 0 aliphatic heterocycles. The van der Waals surface area contributed by atoms with Crippen molar-refractivity contribution < 1.29 is 0 Å². The number of nitrogens with zero attached hydrogens (tertiary/aromatic N) is 2. The monoisotopic (exact) mass is 239 g/mol. The normalized spacial score (nSPS) is 25.4. The first-order valence-corrected chi connectivity index (χ1v) is 6.35. The summed E-state index contributed by atoms with van der Waals surface area (Å²) in [6.07, 6.45) is 6.51. The van der Waals surface area contributed by atoms with E-state index in [0.29, 0.717) is 5.38 Å². The molecule has 1 aliphatic rings. The Kier molecular flexibility index (Phi) is 3.99. The molecule has 1 fully saturated rings. The summed E-state index contributed by atoms with van der Waals surface area (Å²) in [6.45, 7) is 3.01. The lowest BCUT2D eigenvalue weighted by molar-refractivity contribution is 0.377. The Morgan fingerprint density at radius 2 is 2.12 bits per heavy atom. The highest BCUT2D eigenvalue weighted by molar-refractivity contribution is 6.20. The summed E-state index contributed by atoms with van der Waals surface area (Å²) < 4.78 is 0. The molecular formula is C12H18ClN3. The molecule has 1 heterocycles. The number of alkyl halides is 1. The SMILES string of the molecule is Cc1cnnc(NCC2CCC(Cl)CC2)c1. The van der Waals surface area contributed by atoms with Crippen molar-refractivity contribution in [3.63, 3.8) is 0 Å². The Morgan fingerprint density at radius 1 is 1.38 bits per heavy atom. The van der Waals surface area contributed by atoms with E-state index in [1.165, 1.54) is 12.8 Å². The van der Waals surface area contributed by atoms with Gasteiger partial charge in [-0.25, -0.2) is 0 Å². The zero-order chi connectivity index (χ0) is 11.4. The molecule has 2 rings (SSSR count). The van der Waals surface area contributed by atoms with Crippen LogP contribution < -0.4 is 5.32 Å². The van der Waals surface area contributed by atoms with E-state index in [1.807, 2.05) is 13.0 Å². The fourth-order valence-corrected chi connectivity index (χ4v) is 2.38. The zero-order valence-corrected chi connectivity index (χ0v) is 10.4. The van der Waals surface area contributed by atoms with Crippen LogP contribution in [0, 0.1) is 12.8 Å². The van der Waals surface area contributed by atoms with Crippen LogP contribution in [0.4, 0.5) is 5.82 Å². The van der Waals surface area contributed by atoms with Crippen molar-refractivity contribution in [3.8, 4) is 0 Å². The molecule has 0 spiro atoms. The van der Waals surface area contributed by atoms with Gasteiger partial charge in [-0.15, -0.1) is 16.7 Å². The number of nitrogens with one attached hydrogen (secondary N) is 1. The van der Waals surface area contributed by atoms with Crippen molar-refractivity contribution in [2.45, 2.75) is 38.0 Å². The maximum absolute atomic E-state index is 6.08. The first-order valence-electron chi connectivity index (χ1n) is 5.91. The summed E-state index contributed by atoms with van der Waals surface area (Å²) in [7, 11) is 0. The Bertz CT molecular complexity index is 335. The second kappa shape index (κ2) is 5.48. The van der Waals surface area contributed by atoms with E-state index in [9.17, 15) is 0 Å². The molecular weight excluding hydrogens is 222 g/mol. The molecule has 0 amide bonds. The first-order chi connectivity index (χ1) is 7.74. The van der Waals surface area contributed by atoms with Crippen molar-refractivity contribution in [1.82, 2.24) is 10.2 Å². The van der Waals surface area contributed by atoms with E-state index in [1.54, 1.807) is 6.20 Å². The number of anilines is 1. The van der Waals surface area contributed by atoms with Crippen LogP contribution in [0.15, 0.2) is 12.3 Å². The van der Waals surface area contributed by atoms with Gasteiger partial charge in [-0.1, -0.05) is 0 Å². The maximum atomic E-state index is 6.08. The lowest BCUT2D eigenvalue weighted by atomic mass is 9.89. The Balaban J connectivity index is 1.79. The van der Waals surface area contributed by atoms with Crippen LogP contribution in [-0.2, 0) is 0 Å². The number of rotatable bonds is 3. The van der Waals surface area contributed by atoms with E-state index in [4.69, 9.17) is 11.6 Å². The van der Waals surface area contributed by atoms with Crippen LogP contribution in [0.5, 0.6) is 0 Å². The zero-order valence-electron chi connectivity index (χ0n) is 9.62. The smallest absolute Gasteiger partial charge is 0.148 e. The summed E-state index contributed by atoms with van der Waals surface area (Å²) in [4.78, 5) is 0. The van der Waals surface area contributed by atoms with Crippen LogP contribution in [0.2, 0.25) is 0 Å². The molecule has 1 saturated carbocycles. The minimum Gasteiger partial charge on any atom is -0.368 e. The van der Waals surface area contributed by atoms with Crippen molar-refractivity contribution in [1.29, 1.82) is 0 Å². The number of aryl methyl sites for hydroxylation is 1. The van der Waals surface area contributed by atoms with Crippen LogP contribution in [0.3, 0.4) is 0 Å². The standard InChI is InChI=1S/C12H18ClN3/c1-9-6-12(16-15-7-9)14-8-10-2-4-11(13)5-3-10/h6-7,10-11H,2-5,8H2,1H3,(H,14,16). The van der Waals surface area contributed by atoms with Crippen LogP contribution in [0.1, 0.15) is 31.2 Å². The summed E-state index contributed by atoms with van der Waals surface area (Å²) in [5.41, 5.74) is 1.14. The van der Waals surface area contributed by atoms with Crippen molar-refractivity contribution >= 4 is 17.4 Å². The van der Waals surface area contributed by atoms with Gasteiger partial charge in [0.05, 0.1) is 6.20 Å². The fraction of sp³-hybridized carbons (Fsp3) is 0.667. The lowest BCUT2D eigenvalue weighted by Crippen LogP contribution is -2.21. The van der Waals surface area contributed by atoms with Crippen LogP contribution in [0.25, 0.3) is 0 Å². The number of aromatic nitrogens is 2. The molecule has 0 saturated heterocycles. The third-order valence-electron chi connectivity index (χ3n) is 3.14. The molecule has 3 nitrogen and oxygen atoms in total. The minimum absolute atomic E-state index is 0.398. The third kappa shape index (κ3) is 3.34. The average Bonchev–Trinajstić information content (AvgIpc) is 2.28. The molecule has 16 heavy (non-hydrogen) atoms. The second-order valence-corrected chi connectivity index (χ2v) is 5.23. The Hall–Kier alpha value is -0.830. The van der Waals surface area contributed by atoms with E-state index in [2.05, 4.69) is 15.5 Å². The highest BCUT2D eigenvalue weighted by Gasteiger charge is 2.19. The van der Waals surface area contributed by atoms with Gasteiger partial charge >= 0.3 is 0 Å². The van der Waals surface area contributed by atoms with Crippen molar-refractivity contribution in [2.24, 2.45) is 5.92 Å². The third-order valence-corrected chi connectivity index (χ3v) is 3.58. The number of halogens is 1. The van der Waals surface area contributed by atoms with Gasteiger partial charge in [0.2, 0.25) is 0 Å². The molecule has 0 unspecified atom stereocenters. The summed E-state index contributed by atoms with van der Waals surface area (Å²) in [6, 6.07) is 2.03. The largest absolute Gasteiger partial charge is 0.368 e. The van der Waals surface area contributed by atoms with Gasteiger partial charge in [0.25, 0.3) is 0 Å².